The van der Waals surface area contributed by atoms with Crippen molar-refractivity contribution in [2.45, 2.75) is 58.5 Å². The van der Waals surface area contributed by atoms with E-state index in [1.165, 1.54) is 36.0 Å². The fourth-order valence-electron chi connectivity index (χ4n) is 3.09. The van der Waals surface area contributed by atoms with Gasteiger partial charge in [-0.05, 0) is 57.6 Å². The molecule has 0 amide bonds. The fourth-order valence-corrected chi connectivity index (χ4v) is 3.09. The van der Waals surface area contributed by atoms with Gasteiger partial charge in [0.15, 0.2) is 0 Å². The highest BCUT2D eigenvalue weighted by atomic mass is 16.5. The minimum atomic E-state index is -0.122. The third-order valence-corrected chi connectivity index (χ3v) is 4.06. The summed E-state index contributed by atoms with van der Waals surface area (Å²) in [6.07, 6.45) is 5.98. The van der Waals surface area contributed by atoms with Crippen LogP contribution in [0.4, 0.5) is 0 Å². The molecule has 1 aliphatic carbocycles. The zero-order chi connectivity index (χ0) is 13.2. The lowest BCUT2D eigenvalue weighted by atomic mass is 9.84. The van der Waals surface area contributed by atoms with E-state index in [1.54, 1.807) is 0 Å². The van der Waals surface area contributed by atoms with E-state index in [0.717, 1.165) is 18.6 Å². The minimum absolute atomic E-state index is 0.122. The Morgan fingerprint density at radius 3 is 2.11 bits per heavy atom. The summed E-state index contributed by atoms with van der Waals surface area (Å²) >= 11 is 0. The van der Waals surface area contributed by atoms with Crippen molar-refractivity contribution in [3.8, 4) is 5.75 Å². The first-order valence-corrected chi connectivity index (χ1v) is 7.03. The van der Waals surface area contributed by atoms with Crippen molar-refractivity contribution in [1.29, 1.82) is 0 Å². The van der Waals surface area contributed by atoms with Crippen LogP contribution in [-0.4, -0.2) is 12.1 Å². The molecule has 0 radical (unpaired) electrons. The fraction of sp³-hybridized carbons (Fsp3) is 0.625. The van der Waals surface area contributed by atoms with Gasteiger partial charge < -0.3 is 10.5 Å². The van der Waals surface area contributed by atoms with Crippen LogP contribution in [-0.2, 0) is 0 Å². The summed E-state index contributed by atoms with van der Waals surface area (Å²) in [4.78, 5) is 0. The van der Waals surface area contributed by atoms with Gasteiger partial charge >= 0.3 is 0 Å². The van der Waals surface area contributed by atoms with Gasteiger partial charge in [-0.1, -0.05) is 24.1 Å². The zero-order valence-corrected chi connectivity index (χ0v) is 11.9. The number of rotatable bonds is 3. The highest BCUT2D eigenvalue weighted by Crippen LogP contribution is 2.35. The van der Waals surface area contributed by atoms with Gasteiger partial charge in [-0.25, -0.2) is 0 Å². The molecule has 0 aromatic heterocycles. The summed E-state index contributed by atoms with van der Waals surface area (Å²) in [5, 5.41) is 0. The van der Waals surface area contributed by atoms with Crippen LogP contribution in [0.2, 0.25) is 0 Å². The SMILES string of the molecule is Cc1cc(C)c(OC2(CN)CCCCC2)c(C)c1. The molecule has 0 aliphatic heterocycles. The van der Waals surface area contributed by atoms with E-state index >= 15 is 0 Å². The summed E-state index contributed by atoms with van der Waals surface area (Å²) in [6.45, 7) is 7.01. The lowest BCUT2D eigenvalue weighted by Crippen LogP contribution is -2.45. The Morgan fingerprint density at radius 2 is 1.61 bits per heavy atom. The number of hydrogen-bond donors (Lipinski definition) is 1. The molecule has 0 spiro atoms. The second-order valence-electron chi connectivity index (χ2n) is 5.78. The van der Waals surface area contributed by atoms with Crippen molar-refractivity contribution in [2.24, 2.45) is 5.73 Å². The average Bonchev–Trinajstić information content (AvgIpc) is 2.35. The van der Waals surface area contributed by atoms with E-state index in [0.29, 0.717) is 6.54 Å². The van der Waals surface area contributed by atoms with Crippen LogP contribution in [0.1, 0.15) is 48.8 Å². The topological polar surface area (TPSA) is 35.2 Å². The third kappa shape index (κ3) is 2.69. The summed E-state index contributed by atoms with van der Waals surface area (Å²) in [5.41, 5.74) is 9.62. The monoisotopic (exact) mass is 247 g/mol. The first-order chi connectivity index (χ1) is 8.56. The standard InChI is InChI=1S/C16H25NO/c1-12-9-13(2)15(14(3)10-12)18-16(11-17)7-5-4-6-8-16/h9-10H,4-8,11,17H2,1-3H3. The van der Waals surface area contributed by atoms with Crippen molar-refractivity contribution >= 4 is 0 Å². The number of aryl methyl sites for hydroxylation is 3. The molecule has 0 saturated heterocycles. The predicted octanol–water partition coefficient (Wildman–Crippen LogP) is 3.65. The zero-order valence-electron chi connectivity index (χ0n) is 11.9. The van der Waals surface area contributed by atoms with Gasteiger partial charge in [-0.3, -0.25) is 0 Å². The Hall–Kier alpha value is -1.02. The molecule has 1 saturated carbocycles. The van der Waals surface area contributed by atoms with Crippen molar-refractivity contribution in [2.75, 3.05) is 6.54 Å². The van der Waals surface area contributed by atoms with Crippen molar-refractivity contribution < 1.29 is 4.74 Å². The Balaban J connectivity index is 2.27. The van der Waals surface area contributed by atoms with Crippen LogP contribution in [0.15, 0.2) is 12.1 Å². The highest BCUT2D eigenvalue weighted by Gasteiger charge is 2.33. The van der Waals surface area contributed by atoms with E-state index in [4.69, 9.17) is 10.5 Å². The number of nitrogens with two attached hydrogens (primary N) is 1. The highest BCUT2D eigenvalue weighted by molar-refractivity contribution is 5.43. The van der Waals surface area contributed by atoms with E-state index in [9.17, 15) is 0 Å². The van der Waals surface area contributed by atoms with Gasteiger partial charge in [-0.15, -0.1) is 0 Å². The number of ether oxygens (including phenoxy) is 1. The molecule has 2 heteroatoms. The third-order valence-electron chi connectivity index (χ3n) is 4.06. The summed E-state index contributed by atoms with van der Waals surface area (Å²) < 4.78 is 6.38. The first kappa shape index (κ1) is 13.4. The van der Waals surface area contributed by atoms with Gasteiger partial charge in [0.05, 0.1) is 0 Å². The maximum Gasteiger partial charge on any atom is 0.126 e. The summed E-state index contributed by atoms with van der Waals surface area (Å²) in [6, 6.07) is 4.38. The van der Waals surface area contributed by atoms with E-state index < -0.39 is 0 Å². The molecule has 1 aromatic carbocycles. The molecule has 2 nitrogen and oxygen atoms in total. The quantitative estimate of drug-likeness (QED) is 0.884. The molecular formula is C16H25NO. The largest absolute Gasteiger partial charge is 0.485 e. The van der Waals surface area contributed by atoms with Crippen LogP contribution in [0, 0.1) is 20.8 Å². The summed E-state index contributed by atoms with van der Waals surface area (Å²) in [5.74, 6) is 1.05. The molecular weight excluding hydrogens is 222 g/mol. The first-order valence-electron chi connectivity index (χ1n) is 7.03. The molecule has 0 heterocycles. The maximum atomic E-state index is 6.38. The van der Waals surface area contributed by atoms with Crippen molar-refractivity contribution in [3.05, 3.63) is 28.8 Å². The second-order valence-corrected chi connectivity index (χ2v) is 5.78. The maximum absolute atomic E-state index is 6.38. The predicted molar refractivity (Wildman–Crippen MR) is 76.2 cm³/mol. The molecule has 1 aromatic rings. The number of benzene rings is 1. The smallest absolute Gasteiger partial charge is 0.126 e. The Kier molecular flexibility index (Phi) is 3.96. The molecule has 2 rings (SSSR count). The van der Waals surface area contributed by atoms with Gasteiger partial charge in [-0.2, -0.15) is 0 Å². The molecule has 2 N–H and O–H groups in total. The Morgan fingerprint density at radius 1 is 1.06 bits per heavy atom. The average molecular weight is 247 g/mol. The Labute approximate surface area is 111 Å². The van der Waals surface area contributed by atoms with Crippen LogP contribution in [0.5, 0.6) is 5.75 Å². The number of hydrogen-bond acceptors (Lipinski definition) is 2. The molecule has 0 bridgehead atoms. The minimum Gasteiger partial charge on any atom is -0.485 e. The molecule has 18 heavy (non-hydrogen) atoms. The molecule has 1 fully saturated rings. The normalized spacial score (nSPS) is 18.7. The molecule has 0 unspecified atom stereocenters. The van der Waals surface area contributed by atoms with E-state index in [2.05, 4.69) is 32.9 Å². The van der Waals surface area contributed by atoms with Crippen molar-refractivity contribution in [1.82, 2.24) is 0 Å². The van der Waals surface area contributed by atoms with Gasteiger partial charge in [0.2, 0.25) is 0 Å². The lowest BCUT2D eigenvalue weighted by Gasteiger charge is -2.37. The second kappa shape index (κ2) is 5.31. The van der Waals surface area contributed by atoms with Crippen molar-refractivity contribution in [3.63, 3.8) is 0 Å². The van der Waals surface area contributed by atoms with Crippen LogP contribution in [0.3, 0.4) is 0 Å². The van der Waals surface area contributed by atoms with E-state index in [-0.39, 0.29) is 5.60 Å². The van der Waals surface area contributed by atoms with Crippen LogP contribution >= 0.6 is 0 Å². The van der Waals surface area contributed by atoms with E-state index in [1.807, 2.05) is 0 Å². The lowest BCUT2D eigenvalue weighted by molar-refractivity contribution is 0.0373. The van der Waals surface area contributed by atoms with Gasteiger partial charge in [0, 0.05) is 6.54 Å². The Bertz CT molecular complexity index is 396. The molecule has 100 valence electrons. The summed E-state index contributed by atoms with van der Waals surface area (Å²) in [7, 11) is 0. The molecule has 1 aliphatic rings. The molecule has 0 atom stereocenters. The van der Waals surface area contributed by atoms with Gasteiger partial charge in [0.1, 0.15) is 11.4 Å². The van der Waals surface area contributed by atoms with Crippen LogP contribution in [0.25, 0.3) is 0 Å². The van der Waals surface area contributed by atoms with Crippen LogP contribution < -0.4 is 10.5 Å². The van der Waals surface area contributed by atoms with Gasteiger partial charge in [0.25, 0.3) is 0 Å².